The first-order valence-corrected chi connectivity index (χ1v) is 6.70. The number of aliphatic hydroxyl groups excluding tert-OH is 1. The van der Waals surface area contributed by atoms with Crippen LogP contribution in [0.1, 0.15) is 41.0 Å². The minimum Gasteiger partial charge on any atom is -0.444 e. The zero-order chi connectivity index (χ0) is 13.8. The molecule has 1 saturated heterocycles. The van der Waals surface area contributed by atoms with E-state index in [0.717, 1.165) is 19.5 Å². The second-order valence-electron chi connectivity index (χ2n) is 7.46. The molecule has 2 rings (SSSR count). The van der Waals surface area contributed by atoms with Gasteiger partial charge in [0.2, 0.25) is 0 Å². The Morgan fingerprint density at radius 2 is 1.89 bits per heavy atom. The van der Waals surface area contributed by atoms with Gasteiger partial charge in [-0.3, -0.25) is 0 Å². The van der Waals surface area contributed by atoms with Crippen LogP contribution in [-0.2, 0) is 4.74 Å². The molecule has 18 heavy (non-hydrogen) atoms. The lowest BCUT2D eigenvalue weighted by molar-refractivity contribution is -0.0288. The molecule has 1 heterocycles. The molecule has 1 aliphatic carbocycles. The molecule has 1 amide bonds. The van der Waals surface area contributed by atoms with E-state index in [4.69, 9.17) is 4.74 Å². The Bertz CT molecular complexity index is 353. The van der Waals surface area contributed by atoms with E-state index < -0.39 is 5.60 Å². The first-order chi connectivity index (χ1) is 8.11. The quantitative estimate of drug-likeness (QED) is 0.823. The summed E-state index contributed by atoms with van der Waals surface area (Å²) in [5, 5.41) is 9.60. The van der Waals surface area contributed by atoms with Gasteiger partial charge in [-0.1, -0.05) is 13.8 Å². The van der Waals surface area contributed by atoms with Gasteiger partial charge in [-0.25, -0.2) is 4.79 Å². The average molecular weight is 255 g/mol. The maximum absolute atomic E-state index is 11.8. The number of ether oxygens (including phenoxy) is 1. The SMILES string of the molecule is CC(C)(C)OC(=O)N1CC(C2(CO)CC2(C)C)C1. The third-order valence-corrected chi connectivity index (χ3v) is 4.58. The molecule has 1 unspecified atom stereocenters. The molecule has 0 bridgehead atoms. The van der Waals surface area contributed by atoms with E-state index in [9.17, 15) is 9.90 Å². The summed E-state index contributed by atoms with van der Waals surface area (Å²) in [5.41, 5.74) is -0.187. The summed E-state index contributed by atoms with van der Waals surface area (Å²) in [6.45, 7) is 11.7. The van der Waals surface area contributed by atoms with Gasteiger partial charge >= 0.3 is 6.09 Å². The van der Waals surface area contributed by atoms with Gasteiger partial charge in [0.15, 0.2) is 0 Å². The molecule has 1 atom stereocenters. The van der Waals surface area contributed by atoms with Crippen LogP contribution in [0.15, 0.2) is 0 Å². The largest absolute Gasteiger partial charge is 0.444 e. The van der Waals surface area contributed by atoms with Crippen LogP contribution in [0.4, 0.5) is 4.79 Å². The minimum absolute atomic E-state index is 0.0332. The Balaban J connectivity index is 1.86. The van der Waals surface area contributed by atoms with Crippen LogP contribution in [0.25, 0.3) is 0 Å². The van der Waals surface area contributed by atoms with E-state index in [-0.39, 0.29) is 23.5 Å². The van der Waals surface area contributed by atoms with Crippen molar-refractivity contribution in [2.24, 2.45) is 16.7 Å². The monoisotopic (exact) mass is 255 g/mol. The fraction of sp³-hybridized carbons (Fsp3) is 0.929. The molecule has 0 aromatic heterocycles. The molecule has 0 radical (unpaired) electrons. The number of hydrogen-bond acceptors (Lipinski definition) is 3. The Labute approximate surface area is 109 Å². The molecule has 1 aliphatic heterocycles. The van der Waals surface area contributed by atoms with Gasteiger partial charge in [0.1, 0.15) is 5.60 Å². The number of carbonyl (C=O) groups is 1. The zero-order valence-electron chi connectivity index (χ0n) is 12.1. The van der Waals surface area contributed by atoms with Crippen molar-refractivity contribution in [3.8, 4) is 0 Å². The van der Waals surface area contributed by atoms with Crippen molar-refractivity contribution in [2.75, 3.05) is 19.7 Å². The van der Waals surface area contributed by atoms with Gasteiger partial charge in [-0.05, 0) is 32.6 Å². The Hall–Kier alpha value is -0.770. The maximum atomic E-state index is 11.8. The highest BCUT2D eigenvalue weighted by atomic mass is 16.6. The van der Waals surface area contributed by atoms with Crippen LogP contribution in [0.3, 0.4) is 0 Å². The summed E-state index contributed by atoms with van der Waals surface area (Å²) in [7, 11) is 0. The first-order valence-electron chi connectivity index (χ1n) is 6.70. The number of likely N-dealkylation sites (tertiary alicyclic amines) is 1. The fourth-order valence-corrected chi connectivity index (χ4v) is 3.14. The van der Waals surface area contributed by atoms with Crippen LogP contribution < -0.4 is 0 Å². The van der Waals surface area contributed by atoms with Crippen LogP contribution >= 0.6 is 0 Å². The lowest BCUT2D eigenvalue weighted by atomic mass is 9.78. The van der Waals surface area contributed by atoms with Crippen molar-refractivity contribution in [1.82, 2.24) is 4.90 Å². The van der Waals surface area contributed by atoms with Gasteiger partial charge in [0, 0.05) is 31.0 Å². The van der Waals surface area contributed by atoms with Gasteiger partial charge in [-0.2, -0.15) is 0 Å². The molecule has 1 N–H and O–H groups in total. The van der Waals surface area contributed by atoms with Crippen molar-refractivity contribution in [2.45, 2.75) is 46.6 Å². The van der Waals surface area contributed by atoms with E-state index in [1.807, 2.05) is 20.8 Å². The van der Waals surface area contributed by atoms with Crippen LogP contribution in [0, 0.1) is 16.7 Å². The smallest absolute Gasteiger partial charge is 0.410 e. The van der Waals surface area contributed by atoms with Crippen LogP contribution in [0.2, 0.25) is 0 Å². The normalized spacial score (nSPS) is 30.9. The highest BCUT2D eigenvalue weighted by molar-refractivity contribution is 5.69. The number of carbonyl (C=O) groups excluding carboxylic acids is 1. The summed E-state index contributed by atoms with van der Waals surface area (Å²) < 4.78 is 5.33. The molecular weight excluding hydrogens is 230 g/mol. The van der Waals surface area contributed by atoms with Gasteiger partial charge in [-0.15, -0.1) is 0 Å². The molecule has 2 aliphatic rings. The number of rotatable bonds is 2. The molecule has 2 fully saturated rings. The lowest BCUT2D eigenvalue weighted by Crippen LogP contribution is -2.56. The molecule has 4 nitrogen and oxygen atoms in total. The number of aliphatic hydroxyl groups is 1. The molecule has 104 valence electrons. The second kappa shape index (κ2) is 3.86. The lowest BCUT2D eigenvalue weighted by Gasteiger charge is -2.44. The predicted octanol–water partition coefficient (Wildman–Crippen LogP) is 2.26. The summed E-state index contributed by atoms with van der Waals surface area (Å²) in [6.07, 6.45) is 0.828. The van der Waals surface area contributed by atoms with Crippen LogP contribution in [-0.4, -0.2) is 41.4 Å². The molecule has 1 saturated carbocycles. The topological polar surface area (TPSA) is 49.8 Å². The standard InChI is InChI=1S/C14H25NO3/c1-12(2,3)18-11(17)15-6-10(7-15)14(9-16)8-13(14,4)5/h10,16H,6-9H2,1-5H3. The summed E-state index contributed by atoms with van der Waals surface area (Å²) in [6, 6.07) is 0. The Morgan fingerprint density at radius 3 is 2.22 bits per heavy atom. The summed E-state index contributed by atoms with van der Waals surface area (Å²) >= 11 is 0. The third kappa shape index (κ3) is 2.11. The number of nitrogens with zero attached hydrogens (tertiary/aromatic N) is 1. The summed E-state index contributed by atoms with van der Waals surface area (Å²) in [5.74, 6) is 0.421. The van der Waals surface area contributed by atoms with Crippen LogP contribution in [0.5, 0.6) is 0 Å². The van der Waals surface area contributed by atoms with E-state index in [0.29, 0.717) is 5.92 Å². The number of amides is 1. The van der Waals surface area contributed by atoms with E-state index in [1.54, 1.807) is 4.90 Å². The molecule has 0 aromatic carbocycles. The highest BCUT2D eigenvalue weighted by Crippen LogP contribution is 2.68. The average Bonchev–Trinajstić information content (AvgIpc) is 2.63. The van der Waals surface area contributed by atoms with Crippen molar-refractivity contribution in [1.29, 1.82) is 0 Å². The van der Waals surface area contributed by atoms with E-state index in [1.165, 1.54) is 0 Å². The van der Waals surface area contributed by atoms with Gasteiger partial charge in [0.05, 0.1) is 0 Å². The number of hydrogen-bond donors (Lipinski definition) is 1. The Morgan fingerprint density at radius 1 is 1.39 bits per heavy atom. The predicted molar refractivity (Wildman–Crippen MR) is 69.2 cm³/mol. The van der Waals surface area contributed by atoms with E-state index >= 15 is 0 Å². The summed E-state index contributed by atoms with van der Waals surface area (Å²) in [4.78, 5) is 13.6. The fourth-order valence-electron chi connectivity index (χ4n) is 3.14. The van der Waals surface area contributed by atoms with Crippen molar-refractivity contribution in [3.63, 3.8) is 0 Å². The maximum Gasteiger partial charge on any atom is 0.410 e. The minimum atomic E-state index is -0.435. The van der Waals surface area contributed by atoms with Crippen molar-refractivity contribution < 1.29 is 14.6 Å². The zero-order valence-corrected chi connectivity index (χ0v) is 12.1. The highest BCUT2D eigenvalue weighted by Gasteiger charge is 2.66. The molecule has 0 spiro atoms. The third-order valence-electron chi connectivity index (χ3n) is 4.58. The molecule has 4 heteroatoms. The first kappa shape index (κ1) is 13.7. The Kier molecular flexibility index (Phi) is 2.93. The molecular formula is C14H25NO3. The van der Waals surface area contributed by atoms with E-state index in [2.05, 4.69) is 13.8 Å². The van der Waals surface area contributed by atoms with Crippen molar-refractivity contribution in [3.05, 3.63) is 0 Å². The second-order valence-corrected chi connectivity index (χ2v) is 7.46. The van der Waals surface area contributed by atoms with Crippen molar-refractivity contribution >= 4 is 6.09 Å². The molecule has 0 aromatic rings. The van der Waals surface area contributed by atoms with Gasteiger partial charge < -0.3 is 14.7 Å². The van der Waals surface area contributed by atoms with Gasteiger partial charge in [0.25, 0.3) is 0 Å².